The van der Waals surface area contributed by atoms with Gasteiger partial charge in [0.15, 0.2) is 0 Å². The summed E-state index contributed by atoms with van der Waals surface area (Å²) in [4.78, 5) is 32.8. The summed E-state index contributed by atoms with van der Waals surface area (Å²) in [5.74, 6) is -1.40. The third-order valence-electron chi connectivity index (χ3n) is 2.64. The van der Waals surface area contributed by atoms with Gasteiger partial charge in [0, 0.05) is 19.3 Å². The highest BCUT2D eigenvalue weighted by Gasteiger charge is 2.19. The molecule has 19 heavy (non-hydrogen) atoms. The van der Waals surface area contributed by atoms with E-state index in [2.05, 4.69) is 5.32 Å². The van der Waals surface area contributed by atoms with Crippen molar-refractivity contribution in [1.29, 1.82) is 0 Å². The molecule has 0 aliphatic carbocycles. The Bertz CT molecular complexity index is 430. The van der Waals surface area contributed by atoms with E-state index in [0.29, 0.717) is 12.8 Å². The van der Waals surface area contributed by atoms with Crippen LogP contribution in [0, 0.1) is 0 Å². The number of carbonyl (C=O) groups excluding carboxylic acids is 2. The fourth-order valence-electron chi connectivity index (χ4n) is 1.66. The SMILES string of the molecule is O=CCCCC(=O)NC(Cc1ccccc1)C(=O)O. The molecule has 1 amide bonds. The molecule has 0 saturated carbocycles. The molecule has 0 aliphatic heterocycles. The van der Waals surface area contributed by atoms with Crippen LogP contribution < -0.4 is 5.32 Å². The van der Waals surface area contributed by atoms with Gasteiger partial charge in [0.1, 0.15) is 12.3 Å². The maximum Gasteiger partial charge on any atom is 0.326 e. The number of carboxylic acid groups (broad SMARTS) is 1. The highest BCUT2D eigenvalue weighted by molar-refractivity contribution is 5.83. The van der Waals surface area contributed by atoms with Gasteiger partial charge in [-0.05, 0) is 12.0 Å². The molecular weight excluding hydrogens is 246 g/mol. The second kappa shape index (κ2) is 8.02. The lowest BCUT2D eigenvalue weighted by Crippen LogP contribution is -2.42. The van der Waals surface area contributed by atoms with E-state index in [0.717, 1.165) is 11.8 Å². The van der Waals surface area contributed by atoms with Gasteiger partial charge in [-0.15, -0.1) is 0 Å². The van der Waals surface area contributed by atoms with Crippen LogP contribution in [0.2, 0.25) is 0 Å². The Balaban J connectivity index is 2.51. The van der Waals surface area contributed by atoms with Crippen LogP contribution in [-0.2, 0) is 20.8 Å². The van der Waals surface area contributed by atoms with Crippen LogP contribution in [0.1, 0.15) is 24.8 Å². The Kier molecular flexibility index (Phi) is 6.29. The Morgan fingerprint density at radius 1 is 1.26 bits per heavy atom. The highest BCUT2D eigenvalue weighted by Crippen LogP contribution is 2.04. The summed E-state index contributed by atoms with van der Waals surface area (Å²) in [5, 5.41) is 11.6. The summed E-state index contributed by atoms with van der Waals surface area (Å²) in [7, 11) is 0. The predicted octanol–water partition coefficient (Wildman–Crippen LogP) is 1.17. The molecule has 5 heteroatoms. The first-order valence-electron chi connectivity index (χ1n) is 6.13. The van der Waals surface area contributed by atoms with Gasteiger partial charge in [-0.25, -0.2) is 4.79 Å². The fraction of sp³-hybridized carbons (Fsp3) is 0.357. The molecule has 102 valence electrons. The number of hydrogen-bond donors (Lipinski definition) is 2. The summed E-state index contributed by atoms with van der Waals surface area (Å²) >= 11 is 0. The van der Waals surface area contributed by atoms with Gasteiger partial charge in [-0.2, -0.15) is 0 Å². The average Bonchev–Trinajstić information content (AvgIpc) is 2.39. The Labute approximate surface area is 111 Å². The van der Waals surface area contributed by atoms with Gasteiger partial charge in [-0.1, -0.05) is 30.3 Å². The summed E-state index contributed by atoms with van der Waals surface area (Å²) in [6.45, 7) is 0. The van der Waals surface area contributed by atoms with Gasteiger partial charge in [0.25, 0.3) is 0 Å². The van der Waals surface area contributed by atoms with E-state index >= 15 is 0 Å². The van der Waals surface area contributed by atoms with Gasteiger partial charge in [0.2, 0.25) is 5.91 Å². The first kappa shape index (κ1) is 14.9. The van der Waals surface area contributed by atoms with Crippen molar-refractivity contribution in [1.82, 2.24) is 5.32 Å². The second-order valence-electron chi connectivity index (χ2n) is 4.21. The lowest BCUT2D eigenvalue weighted by molar-refractivity contribution is -0.141. The molecule has 1 unspecified atom stereocenters. The first-order valence-corrected chi connectivity index (χ1v) is 6.13. The number of aliphatic carboxylic acids is 1. The summed E-state index contributed by atoms with van der Waals surface area (Å²) in [5.41, 5.74) is 0.850. The summed E-state index contributed by atoms with van der Waals surface area (Å²) in [6, 6.07) is 8.17. The molecule has 1 aromatic carbocycles. The zero-order valence-electron chi connectivity index (χ0n) is 10.5. The van der Waals surface area contributed by atoms with E-state index in [9.17, 15) is 14.4 Å². The van der Waals surface area contributed by atoms with Crippen LogP contribution in [-0.4, -0.2) is 29.3 Å². The molecule has 1 rings (SSSR count). The standard InChI is InChI=1S/C14H17NO4/c16-9-5-4-8-13(17)15-12(14(18)19)10-11-6-2-1-3-7-11/h1-3,6-7,9,12H,4-5,8,10H2,(H,15,17)(H,18,19). The number of aldehydes is 1. The van der Waals surface area contributed by atoms with E-state index in [4.69, 9.17) is 5.11 Å². The minimum absolute atomic E-state index is 0.164. The van der Waals surface area contributed by atoms with Crippen molar-refractivity contribution in [3.63, 3.8) is 0 Å². The minimum atomic E-state index is -1.06. The highest BCUT2D eigenvalue weighted by atomic mass is 16.4. The van der Waals surface area contributed by atoms with Crippen molar-refractivity contribution in [3.8, 4) is 0 Å². The van der Waals surface area contributed by atoms with Crippen LogP contribution in [0.3, 0.4) is 0 Å². The van der Waals surface area contributed by atoms with Gasteiger partial charge >= 0.3 is 5.97 Å². The van der Waals surface area contributed by atoms with Crippen LogP contribution in [0.5, 0.6) is 0 Å². The molecule has 0 bridgehead atoms. The molecule has 5 nitrogen and oxygen atoms in total. The zero-order chi connectivity index (χ0) is 14.1. The average molecular weight is 263 g/mol. The number of unbranched alkanes of at least 4 members (excludes halogenated alkanes) is 1. The number of benzene rings is 1. The quantitative estimate of drug-likeness (QED) is 0.544. The number of carboxylic acids is 1. The van der Waals surface area contributed by atoms with Gasteiger partial charge in [-0.3, -0.25) is 4.79 Å². The molecule has 0 spiro atoms. The fourth-order valence-corrected chi connectivity index (χ4v) is 1.66. The maximum absolute atomic E-state index is 11.5. The molecule has 0 aliphatic rings. The molecule has 0 fully saturated rings. The van der Waals surface area contributed by atoms with Crippen LogP contribution in [0.15, 0.2) is 30.3 Å². The molecular formula is C14H17NO4. The Morgan fingerprint density at radius 2 is 1.95 bits per heavy atom. The third kappa shape index (κ3) is 5.81. The van der Waals surface area contributed by atoms with E-state index in [1.54, 1.807) is 0 Å². The third-order valence-corrected chi connectivity index (χ3v) is 2.64. The molecule has 1 aromatic rings. The van der Waals surface area contributed by atoms with Crippen LogP contribution in [0.4, 0.5) is 0 Å². The van der Waals surface area contributed by atoms with E-state index in [1.165, 1.54) is 0 Å². The van der Waals surface area contributed by atoms with Crippen molar-refractivity contribution in [2.75, 3.05) is 0 Å². The number of rotatable bonds is 8. The Hall–Kier alpha value is -2.17. The van der Waals surface area contributed by atoms with E-state index < -0.39 is 12.0 Å². The monoisotopic (exact) mass is 263 g/mol. The number of carbonyl (C=O) groups is 3. The first-order chi connectivity index (χ1) is 9.13. The minimum Gasteiger partial charge on any atom is -0.480 e. The lowest BCUT2D eigenvalue weighted by atomic mass is 10.1. The van der Waals surface area contributed by atoms with Crippen molar-refractivity contribution < 1.29 is 19.5 Å². The van der Waals surface area contributed by atoms with Gasteiger partial charge < -0.3 is 15.2 Å². The topological polar surface area (TPSA) is 83.5 Å². The van der Waals surface area contributed by atoms with E-state index in [-0.39, 0.29) is 18.7 Å². The van der Waals surface area contributed by atoms with Crippen molar-refractivity contribution >= 4 is 18.2 Å². The molecule has 2 N–H and O–H groups in total. The number of amides is 1. The molecule has 0 aromatic heterocycles. The van der Waals surface area contributed by atoms with Crippen LogP contribution in [0.25, 0.3) is 0 Å². The second-order valence-corrected chi connectivity index (χ2v) is 4.21. The summed E-state index contributed by atoms with van der Waals surface area (Å²) < 4.78 is 0. The predicted molar refractivity (Wildman–Crippen MR) is 69.6 cm³/mol. The largest absolute Gasteiger partial charge is 0.480 e. The number of nitrogens with one attached hydrogen (secondary N) is 1. The smallest absolute Gasteiger partial charge is 0.326 e. The Morgan fingerprint density at radius 3 is 2.53 bits per heavy atom. The summed E-state index contributed by atoms with van der Waals surface area (Å²) in [6.07, 6.45) is 1.90. The normalized spacial score (nSPS) is 11.6. The zero-order valence-corrected chi connectivity index (χ0v) is 10.5. The molecule has 0 heterocycles. The number of hydrogen-bond acceptors (Lipinski definition) is 3. The van der Waals surface area contributed by atoms with Crippen molar-refractivity contribution in [2.24, 2.45) is 0 Å². The van der Waals surface area contributed by atoms with Gasteiger partial charge in [0.05, 0.1) is 0 Å². The molecule has 0 radical (unpaired) electrons. The lowest BCUT2D eigenvalue weighted by Gasteiger charge is -2.14. The maximum atomic E-state index is 11.5. The van der Waals surface area contributed by atoms with Crippen LogP contribution >= 0.6 is 0 Å². The van der Waals surface area contributed by atoms with Crippen molar-refractivity contribution in [2.45, 2.75) is 31.7 Å². The van der Waals surface area contributed by atoms with Crippen molar-refractivity contribution in [3.05, 3.63) is 35.9 Å². The molecule has 0 saturated heterocycles. The van der Waals surface area contributed by atoms with E-state index in [1.807, 2.05) is 30.3 Å². The molecule has 1 atom stereocenters.